The number of nitrogen functional groups attached to an aromatic ring is 1. The highest BCUT2D eigenvalue weighted by molar-refractivity contribution is 5.94. The zero-order valence-electron chi connectivity index (χ0n) is 9.60. The third kappa shape index (κ3) is 2.94. The molecule has 1 saturated carbocycles. The lowest BCUT2D eigenvalue weighted by atomic mass is 9.92. The predicted octanol–water partition coefficient (Wildman–Crippen LogP) is 0.697. The van der Waals surface area contributed by atoms with Crippen LogP contribution in [0.5, 0.6) is 0 Å². The first-order valence-corrected chi connectivity index (χ1v) is 5.87. The molecule has 0 aliphatic heterocycles. The van der Waals surface area contributed by atoms with Crippen molar-refractivity contribution in [3.63, 3.8) is 0 Å². The molecule has 2 rings (SSSR count). The van der Waals surface area contributed by atoms with E-state index in [0.29, 0.717) is 11.4 Å². The third-order valence-corrected chi connectivity index (χ3v) is 3.09. The van der Waals surface area contributed by atoms with E-state index in [4.69, 9.17) is 5.73 Å². The monoisotopic (exact) mass is 235 g/mol. The lowest BCUT2D eigenvalue weighted by molar-refractivity contribution is 0.0717. The first-order valence-electron chi connectivity index (χ1n) is 5.87. The second-order valence-corrected chi connectivity index (χ2v) is 4.40. The topological polar surface area (TPSA) is 88.2 Å². The summed E-state index contributed by atoms with van der Waals surface area (Å²) in [5.74, 6) is 0.117. The normalized spacial score (nSPS) is 24.3. The maximum absolute atomic E-state index is 11.9. The number of rotatable bonds is 2. The maximum Gasteiger partial charge on any atom is 0.251 e. The minimum absolute atomic E-state index is 0.148. The SMILES string of the molecule is Nc1cc(C(=O)NC2CCCCC2O)ccn1. The summed E-state index contributed by atoms with van der Waals surface area (Å²) in [4.78, 5) is 15.7. The van der Waals surface area contributed by atoms with E-state index in [-0.39, 0.29) is 11.9 Å². The Morgan fingerprint density at radius 3 is 2.94 bits per heavy atom. The van der Waals surface area contributed by atoms with Crippen LogP contribution in [0.1, 0.15) is 36.0 Å². The van der Waals surface area contributed by atoms with Gasteiger partial charge in [-0.05, 0) is 25.0 Å². The molecule has 0 radical (unpaired) electrons. The highest BCUT2D eigenvalue weighted by Gasteiger charge is 2.24. The molecule has 4 N–H and O–H groups in total. The van der Waals surface area contributed by atoms with Crippen molar-refractivity contribution in [3.05, 3.63) is 23.9 Å². The highest BCUT2D eigenvalue weighted by atomic mass is 16.3. The number of nitrogens with zero attached hydrogens (tertiary/aromatic N) is 1. The minimum Gasteiger partial charge on any atom is -0.391 e. The molecule has 2 unspecified atom stereocenters. The Labute approximate surface area is 100 Å². The van der Waals surface area contributed by atoms with E-state index < -0.39 is 6.10 Å². The van der Waals surface area contributed by atoms with Crippen LogP contribution in [0.15, 0.2) is 18.3 Å². The number of carbonyl (C=O) groups excluding carboxylic acids is 1. The fourth-order valence-corrected chi connectivity index (χ4v) is 2.12. The molecule has 92 valence electrons. The van der Waals surface area contributed by atoms with Crippen LogP contribution in [0.2, 0.25) is 0 Å². The Hall–Kier alpha value is -1.62. The average molecular weight is 235 g/mol. The fourth-order valence-electron chi connectivity index (χ4n) is 2.12. The Morgan fingerprint density at radius 2 is 2.24 bits per heavy atom. The molecule has 1 amide bonds. The van der Waals surface area contributed by atoms with Gasteiger partial charge in [0.1, 0.15) is 5.82 Å². The molecule has 0 spiro atoms. The number of hydrogen-bond donors (Lipinski definition) is 3. The number of amides is 1. The van der Waals surface area contributed by atoms with Gasteiger partial charge in [0, 0.05) is 11.8 Å². The number of pyridine rings is 1. The van der Waals surface area contributed by atoms with Crippen molar-refractivity contribution < 1.29 is 9.90 Å². The summed E-state index contributed by atoms with van der Waals surface area (Å²) >= 11 is 0. The first-order chi connectivity index (χ1) is 8.16. The Kier molecular flexibility index (Phi) is 3.58. The molecular weight excluding hydrogens is 218 g/mol. The second-order valence-electron chi connectivity index (χ2n) is 4.40. The zero-order chi connectivity index (χ0) is 12.3. The van der Waals surface area contributed by atoms with Gasteiger partial charge in [-0.25, -0.2) is 4.98 Å². The van der Waals surface area contributed by atoms with Crippen LogP contribution < -0.4 is 11.1 Å². The Balaban J connectivity index is 2.01. The predicted molar refractivity (Wildman–Crippen MR) is 64.4 cm³/mol. The van der Waals surface area contributed by atoms with Gasteiger partial charge in [-0.15, -0.1) is 0 Å². The number of hydrogen-bond acceptors (Lipinski definition) is 4. The van der Waals surface area contributed by atoms with E-state index >= 15 is 0 Å². The molecule has 0 bridgehead atoms. The number of carbonyl (C=O) groups is 1. The molecule has 0 saturated heterocycles. The standard InChI is InChI=1S/C12H17N3O2/c13-11-7-8(5-6-14-11)12(17)15-9-3-1-2-4-10(9)16/h5-7,9-10,16H,1-4H2,(H2,13,14)(H,15,17). The summed E-state index contributed by atoms with van der Waals surface area (Å²) in [6.45, 7) is 0. The van der Waals surface area contributed by atoms with Crippen molar-refractivity contribution in [2.75, 3.05) is 5.73 Å². The van der Waals surface area contributed by atoms with Crippen LogP contribution in [0.4, 0.5) is 5.82 Å². The summed E-state index contributed by atoms with van der Waals surface area (Å²) in [5, 5.41) is 12.6. The van der Waals surface area contributed by atoms with Crippen LogP contribution in [0.3, 0.4) is 0 Å². The second kappa shape index (κ2) is 5.14. The summed E-state index contributed by atoms with van der Waals surface area (Å²) in [6, 6.07) is 3.00. The summed E-state index contributed by atoms with van der Waals surface area (Å²) < 4.78 is 0. The van der Waals surface area contributed by atoms with E-state index in [1.807, 2.05) is 0 Å². The largest absolute Gasteiger partial charge is 0.391 e. The van der Waals surface area contributed by atoms with Crippen LogP contribution >= 0.6 is 0 Å². The molecule has 5 heteroatoms. The number of aromatic nitrogens is 1. The van der Waals surface area contributed by atoms with Crippen LogP contribution in [-0.4, -0.2) is 28.1 Å². The highest BCUT2D eigenvalue weighted by Crippen LogP contribution is 2.18. The van der Waals surface area contributed by atoms with Gasteiger partial charge in [0.2, 0.25) is 0 Å². The van der Waals surface area contributed by atoms with Gasteiger partial charge in [0.05, 0.1) is 12.1 Å². The molecule has 17 heavy (non-hydrogen) atoms. The Morgan fingerprint density at radius 1 is 1.47 bits per heavy atom. The summed E-state index contributed by atoms with van der Waals surface area (Å²) in [5.41, 5.74) is 6.00. The number of aliphatic hydroxyl groups is 1. The van der Waals surface area contributed by atoms with Gasteiger partial charge in [-0.3, -0.25) is 4.79 Å². The molecule has 1 aliphatic carbocycles. The van der Waals surface area contributed by atoms with Gasteiger partial charge < -0.3 is 16.2 Å². The molecule has 1 aliphatic rings. The lowest BCUT2D eigenvalue weighted by Crippen LogP contribution is -2.45. The average Bonchev–Trinajstić information content (AvgIpc) is 2.32. The number of aliphatic hydroxyl groups excluding tert-OH is 1. The number of nitrogens with one attached hydrogen (secondary N) is 1. The van der Waals surface area contributed by atoms with Crippen LogP contribution in [0.25, 0.3) is 0 Å². The molecule has 1 fully saturated rings. The van der Waals surface area contributed by atoms with Crippen molar-refractivity contribution in [3.8, 4) is 0 Å². The van der Waals surface area contributed by atoms with E-state index in [1.165, 1.54) is 12.3 Å². The van der Waals surface area contributed by atoms with Crippen molar-refractivity contribution in [1.82, 2.24) is 10.3 Å². The Bertz CT molecular complexity index is 408. The van der Waals surface area contributed by atoms with Crippen LogP contribution in [-0.2, 0) is 0 Å². The molecule has 2 atom stereocenters. The molecule has 5 nitrogen and oxygen atoms in total. The van der Waals surface area contributed by atoms with Crippen molar-refractivity contribution in [2.45, 2.75) is 37.8 Å². The van der Waals surface area contributed by atoms with Crippen molar-refractivity contribution in [2.24, 2.45) is 0 Å². The van der Waals surface area contributed by atoms with E-state index in [0.717, 1.165) is 25.7 Å². The van der Waals surface area contributed by atoms with Gasteiger partial charge in [-0.2, -0.15) is 0 Å². The molecule has 1 heterocycles. The summed E-state index contributed by atoms with van der Waals surface area (Å²) in [7, 11) is 0. The smallest absolute Gasteiger partial charge is 0.251 e. The molecule has 0 aromatic carbocycles. The molecular formula is C12H17N3O2. The van der Waals surface area contributed by atoms with E-state index in [1.54, 1.807) is 6.07 Å². The van der Waals surface area contributed by atoms with E-state index in [2.05, 4.69) is 10.3 Å². The fraction of sp³-hybridized carbons (Fsp3) is 0.500. The number of nitrogens with two attached hydrogens (primary N) is 1. The van der Waals surface area contributed by atoms with Crippen molar-refractivity contribution in [1.29, 1.82) is 0 Å². The van der Waals surface area contributed by atoms with Gasteiger partial charge >= 0.3 is 0 Å². The molecule has 1 aromatic rings. The lowest BCUT2D eigenvalue weighted by Gasteiger charge is -2.28. The maximum atomic E-state index is 11.9. The van der Waals surface area contributed by atoms with E-state index in [9.17, 15) is 9.90 Å². The zero-order valence-corrected chi connectivity index (χ0v) is 9.60. The van der Waals surface area contributed by atoms with Gasteiger partial charge in [0.25, 0.3) is 5.91 Å². The van der Waals surface area contributed by atoms with Gasteiger partial charge in [0.15, 0.2) is 0 Å². The third-order valence-electron chi connectivity index (χ3n) is 3.09. The first kappa shape index (κ1) is 11.9. The van der Waals surface area contributed by atoms with Gasteiger partial charge in [-0.1, -0.05) is 12.8 Å². The summed E-state index contributed by atoms with van der Waals surface area (Å²) in [6.07, 6.45) is 4.71. The van der Waals surface area contributed by atoms with Crippen LogP contribution in [0, 0.1) is 0 Å². The quantitative estimate of drug-likeness (QED) is 0.704. The number of anilines is 1. The van der Waals surface area contributed by atoms with Crippen molar-refractivity contribution >= 4 is 11.7 Å². The minimum atomic E-state index is -0.438. The molecule has 1 aromatic heterocycles.